The zero-order valence-corrected chi connectivity index (χ0v) is 6.31. The number of alkyl halides is 3. The van der Waals surface area contributed by atoms with Gasteiger partial charge in [0.05, 0.1) is 0 Å². The Kier molecular flexibility index (Phi) is 3.72. The van der Waals surface area contributed by atoms with Crippen molar-refractivity contribution in [2.24, 2.45) is 0 Å². The third kappa shape index (κ3) is 3.95. The molecule has 0 radical (unpaired) electrons. The van der Waals surface area contributed by atoms with E-state index in [1.54, 1.807) is 5.32 Å². The number of aldehydes is 1. The summed E-state index contributed by atoms with van der Waals surface area (Å²) in [5.74, 6) is -0.806. The normalized spacial score (nSPS) is 13.7. The molecule has 12 heavy (non-hydrogen) atoms. The van der Waals surface area contributed by atoms with E-state index in [1.807, 2.05) is 0 Å². The van der Waals surface area contributed by atoms with Gasteiger partial charge in [-0.15, -0.1) is 0 Å². The Morgan fingerprint density at radius 3 is 2.33 bits per heavy atom. The summed E-state index contributed by atoms with van der Waals surface area (Å²) >= 11 is 0. The van der Waals surface area contributed by atoms with Crippen LogP contribution in [0.5, 0.6) is 0 Å². The number of halogens is 3. The molecule has 0 fully saturated rings. The number of amides is 1. The van der Waals surface area contributed by atoms with Crippen LogP contribution >= 0.6 is 0 Å². The fraction of sp³-hybridized carbons (Fsp3) is 0.667. The average molecular weight is 183 g/mol. The van der Waals surface area contributed by atoms with E-state index in [0.29, 0.717) is 0 Å². The molecule has 0 spiro atoms. The van der Waals surface area contributed by atoms with Crippen LogP contribution in [0.15, 0.2) is 0 Å². The van der Waals surface area contributed by atoms with Crippen molar-refractivity contribution in [2.75, 3.05) is 0 Å². The van der Waals surface area contributed by atoms with Crippen molar-refractivity contribution in [1.29, 1.82) is 0 Å². The molecular weight excluding hydrogens is 175 g/mol. The summed E-state index contributed by atoms with van der Waals surface area (Å²) in [6, 6.07) is -2.06. The third-order valence-corrected chi connectivity index (χ3v) is 1.10. The molecule has 0 aromatic carbocycles. The van der Waals surface area contributed by atoms with Gasteiger partial charge in [-0.25, -0.2) is 0 Å². The van der Waals surface area contributed by atoms with E-state index in [0.717, 1.165) is 6.92 Å². The van der Waals surface area contributed by atoms with Gasteiger partial charge in [0, 0.05) is 13.3 Å². The molecule has 1 atom stereocenters. The van der Waals surface area contributed by atoms with Gasteiger partial charge in [-0.05, 0) is 0 Å². The van der Waals surface area contributed by atoms with Gasteiger partial charge in [0.2, 0.25) is 5.91 Å². The molecule has 0 aromatic heterocycles. The number of hydrogen-bond acceptors (Lipinski definition) is 2. The molecule has 0 rings (SSSR count). The van der Waals surface area contributed by atoms with Crippen molar-refractivity contribution < 1.29 is 22.8 Å². The molecule has 0 aromatic rings. The molecule has 0 saturated carbocycles. The van der Waals surface area contributed by atoms with Crippen molar-refractivity contribution in [1.82, 2.24) is 5.32 Å². The van der Waals surface area contributed by atoms with Gasteiger partial charge in [-0.3, -0.25) is 4.79 Å². The van der Waals surface area contributed by atoms with E-state index in [9.17, 15) is 22.8 Å². The van der Waals surface area contributed by atoms with E-state index in [1.165, 1.54) is 0 Å². The minimum absolute atomic E-state index is 0.119. The first-order valence-corrected chi connectivity index (χ1v) is 3.15. The molecule has 3 nitrogen and oxygen atoms in total. The largest absolute Gasteiger partial charge is 0.409 e. The van der Waals surface area contributed by atoms with Gasteiger partial charge in [0.15, 0.2) is 0 Å². The fourth-order valence-corrected chi connectivity index (χ4v) is 0.616. The molecule has 0 aliphatic carbocycles. The Morgan fingerprint density at radius 1 is 1.58 bits per heavy atom. The molecule has 70 valence electrons. The maximum absolute atomic E-state index is 11.9. The predicted octanol–water partition coefficient (Wildman–Crippen LogP) is 0.642. The van der Waals surface area contributed by atoms with Crippen LogP contribution in [-0.4, -0.2) is 24.4 Å². The second kappa shape index (κ2) is 4.08. The maximum Gasteiger partial charge on any atom is 0.409 e. The number of carbonyl (C=O) groups is 2. The van der Waals surface area contributed by atoms with Crippen LogP contribution in [0.3, 0.4) is 0 Å². The minimum atomic E-state index is -4.56. The molecule has 1 N–H and O–H groups in total. The van der Waals surface area contributed by atoms with Crippen molar-refractivity contribution in [2.45, 2.75) is 25.6 Å². The topological polar surface area (TPSA) is 46.2 Å². The van der Waals surface area contributed by atoms with Gasteiger partial charge in [0.25, 0.3) is 0 Å². The SMILES string of the molecule is CC(=O)N[C@H](CC=O)C(F)(F)F. The first-order valence-electron chi connectivity index (χ1n) is 3.15. The molecule has 0 unspecified atom stereocenters. The quantitative estimate of drug-likeness (QED) is 0.652. The van der Waals surface area contributed by atoms with Crippen LogP contribution in [0.4, 0.5) is 13.2 Å². The lowest BCUT2D eigenvalue weighted by Gasteiger charge is -2.18. The summed E-state index contributed by atoms with van der Waals surface area (Å²) in [6.07, 6.45) is -5.19. The summed E-state index contributed by atoms with van der Waals surface area (Å²) in [5.41, 5.74) is 0. The Labute approximate surface area is 66.9 Å². The molecule has 0 aliphatic rings. The monoisotopic (exact) mass is 183 g/mol. The van der Waals surface area contributed by atoms with Gasteiger partial charge in [-0.2, -0.15) is 13.2 Å². The highest BCUT2D eigenvalue weighted by Crippen LogP contribution is 2.21. The Bertz CT molecular complexity index is 178. The van der Waals surface area contributed by atoms with Crippen molar-refractivity contribution in [3.8, 4) is 0 Å². The second-order valence-corrected chi connectivity index (χ2v) is 2.20. The Morgan fingerprint density at radius 2 is 2.08 bits per heavy atom. The summed E-state index contributed by atoms with van der Waals surface area (Å²) < 4.78 is 35.7. The standard InChI is InChI=1S/C6H8F3NO2/c1-4(12)10-5(2-3-11)6(7,8)9/h3,5H,2H2,1H3,(H,10,12)/t5-/m1/s1. The summed E-state index contributed by atoms with van der Waals surface area (Å²) in [4.78, 5) is 20.0. The molecule has 0 saturated heterocycles. The maximum atomic E-state index is 11.9. The highest BCUT2D eigenvalue weighted by atomic mass is 19.4. The van der Waals surface area contributed by atoms with E-state index >= 15 is 0 Å². The Hall–Kier alpha value is -1.07. The molecule has 0 heterocycles. The first kappa shape index (κ1) is 10.9. The molecule has 1 amide bonds. The second-order valence-electron chi connectivity index (χ2n) is 2.20. The van der Waals surface area contributed by atoms with Gasteiger partial charge in [0.1, 0.15) is 12.3 Å². The van der Waals surface area contributed by atoms with E-state index in [4.69, 9.17) is 0 Å². The van der Waals surface area contributed by atoms with Crippen LogP contribution in [0.1, 0.15) is 13.3 Å². The lowest BCUT2D eigenvalue weighted by Crippen LogP contribution is -2.44. The lowest BCUT2D eigenvalue weighted by molar-refractivity contribution is -0.163. The van der Waals surface area contributed by atoms with Gasteiger partial charge >= 0.3 is 6.18 Å². The van der Waals surface area contributed by atoms with E-state index in [-0.39, 0.29) is 6.29 Å². The van der Waals surface area contributed by atoms with Gasteiger partial charge in [-0.1, -0.05) is 0 Å². The van der Waals surface area contributed by atoms with E-state index in [2.05, 4.69) is 0 Å². The third-order valence-electron chi connectivity index (χ3n) is 1.10. The smallest absolute Gasteiger partial charge is 0.344 e. The summed E-state index contributed by atoms with van der Waals surface area (Å²) in [6.45, 7) is 0.962. The number of rotatable bonds is 3. The number of carbonyl (C=O) groups excluding carboxylic acids is 2. The average Bonchev–Trinajstić information content (AvgIpc) is 1.83. The first-order chi connectivity index (χ1) is 5.38. The molecule has 6 heteroatoms. The van der Waals surface area contributed by atoms with Crippen LogP contribution in [0.2, 0.25) is 0 Å². The zero-order chi connectivity index (χ0) is 9.78. The van der Waals surface area contributed by atoms with Crippen molar-refractivity contribution in [3.05, 3.63) is 0 Å². The van der Waals surface area contributed by atoms with Gasteiger partial charge < -0.3 is 10.1 Å². The zero-order valence-electron chi connectivity index (χ0n) is 6.31. The van der Waals surface area contributed by atoms with Crippen LogP contribution in [0, 0.1) is 0 Å². The van der Waals surface area contributed by atoms with Crippen LogP contribution in [0.25, 0.3) is 0 Å². The summed E-state index contributed by atoms with van der Waals surface area (Å²) in [5, 5.41) is 1.63. The van der Waals surface area contributed by atoms with Crippen LogP contribution in [-0.2, 0) is 9.59 Å². The lowest BCUT2D eigenvalue weighted by atomic mass is 10.2. The number of hydrogen-bond donors (Lipinski definition) is 1. The molecular formula is C6H8F3NO2. The number of nitrogens with one attached hydrogen (secondary N) is 1. The van der Waals surface area contributed by atoms with Crippen LogP contribution < -0.4 is 5.32 Å². The van der Waals surface area contributed by atoms with Crippen molar-refractivity contribution >= 4 is 12.2 Å². The summed E-state index contributed by atoms with van der Waals surface area (Å²) in [7, 11) is 0. The highest BCUT2D eigenvalue weighted by molar-refractivity contribution is 5.73. The fourth-order valence-electron chi connectivity index (χ4n) is 0.616. The Balaban J connectivity index is 4.22. The molecule has 0 aliphatic heterocycles. The predicted molar refractivity (Wildman–Crippen MR) is 34.3 cm³/mol. The van der Waals surface area contributed by atoms with E-state index < -0.39 is 24.5 Å². The minimum Gasteiger partial charge on any atom is -0.344 e. The van der Waals surface area contributed by atoms with Crippen molar-refractivity contribution in [3.63, 3.8) is 0 Å². The molecule has 0 bridgehead atoms. The highest BCUT2D eigenvalue weighted by Gasteiger charge is 2.39.